The Labute approximate surface area is 211 Å². The van der Waals surface area contributed by atoms with Crippen molar-refractivity contribution in [1.29, 1.82) is 0 Å². The fourth-order valence-electron chi connectivity index (χ4n) is 2.22. The Morgan fingerprint density at radius 1 is 1.11 bits per heavy atom. The molecule has 9 nitrogen and oxygen atoms in total. The monoisotopic (exact) mass is 453 g/mol. The van der Waals surface area contributed by atoms with Crippen LogP contribution in [0.5, 0.6) is 5.75 Å². The maximum absolute atomic E-state index is 12.0. The number of carbonyl (C=O) groups excluding carboxylic acids is 1. The number of rotatable bonds is 4. The summed E-state index contributed by atoms with van der Waals surface area (Å²) in [5.41, 5.74) is 2.40. The van der Waals surface area contributed by atoms with Gasteiger partial charge in [0.1, 0.15) is 4.92 Å². The van der Waals surface area contributed by atoms with Crippen LogP contribution in [0.25, 0.3) is 10.8 Å². The minimum Gasteiger partial charge on any atom is -0.872 e. The number of nitrogens with zero attached hydrogens (tertiary/aromatic N) is 3. The van der Waals surface area contributed by atoms with Crippen molar-refractivity contribution in [2.75, 3.05) is 0 Å². The molecule has 2 aromatic carbocycles. The third-order valence-electron chi connectivity index (χ3n) is 3.39. The van der Waals surface area contributed by atoms with Gasteiger partial charge in [0.15, 0.2) is 5.76 Å². The molecular formula is C17H11CuKN4O5. The zero-order chi connectivity index (χ0) is 18.5. The molecular weight excluding hydrogens is 443 g/mol. The van der Waals surface area contributed by atoms with Crippen LogP contribution in [0.1, 0.15) is 11.3 Å². The van der Waals surface area contributed by atoms with Gasteiger partial charge in [-0.2, -0.15) is 10.1 Å². The van der Waals surface area contributed by atoms with E-state index in [2.05, 4.69) is 15.5 Å². The normalized spacial score (nSPS) is 10.6. The van der Waals surface area contributed by atoms with Crippen LogP contribution in [0.2, 0.25) is 0 Å². The van der Waals surface area contributed by atoms with Crippen molar-refractivity contribution in [2.24, 2.45) is 10.1 Å². The van der Waals surface area contributed by atoms with Crippen molar-refractivity contribution in [2.45, 2.75) is 0 Å². The van der Waals surface area contributed by atoms with E-state index in [1.165, 1.54) is 18.3 Å². The van der Waals surface area contributed by atoms with Crippen molar-refractivity contribution in [3.63, 3.8) is 0 Å². The van der Waals surface area contributed by atoms with E-state index in [4.69, 9.17) is 4.42 Å². The van der Waals surface area contributed by atoms with Crippen LogP contribution in [0, 0.1) is 10.1 Å². The number of hydrazone groups is 1. The first kappa shape index (κ1) is 24.2. The molecule has 2 amide bonds. The summed E-state index contributed by atoms with van der Waals surface area (Å²) in [6.07, 6.45) is 2.27. The Bertz CT molecular complexity index is 1050. The number of urea groups is 1. The molecule has 3 rings (SSSR count). The van der Waals surface area contributed by atoms with Gasteiger partial charge >= 0.3 is 63.3 Å². The summed E-state index contributed by atoms with van der Waals surface area (Å²) in [4.78, 5) is 25.1. The summed E-state index contributed by atoms with van der Waals surface area (Å²) >= 11 is 0. The minimum absolute atomic E-state index is 0. The number of fused-ring (bicyclic) bond motifs is 1. The van der Waals surface area contributed by atoms with Crippen LogP contribution >= 0.6 is 0 Å². The van der Waals surface area contributed by atoms with Crippen LogP contribution < -0.4 is 61.9 Å². The van der Waals surface area contributed by atoms with Crippen LogP contribution in [-0.2, 0) is 17.1 Å². The fraction of sp³-hybridized carbons (Fsp3) is 0. The van der Waals surface area contributed by atoms with Gasteiger partial charge in [-0.25, -0.2) is 10.2 Å². The van der Waals surface area contributed by atoms with Gasteiger partial charge < -0.3 is 9.52 Å². The molecule has 1 aromatic heterocycles. The SMILES string of the molecule is O=C(/N=C/c1c([O-])ccc2ccccc12)N/N=C/c1ccc([N+](=O)[O-])o1.[Cu].[K+]. The molecule has 1 N–H and O–H groups in total. The Morgan fingerprint density at radius 2 is 1.86 bits per heavy atom. The summed E-state index contributed by atoms with van der Waals surface area (Å²) in [6, 6.07) is 12.0. The molecule has 0 fully saturated rings. The molecule has 0 aliphatic heterocycles. The van der Waals surface area contributed by atoms with E-state index in [9.17, 15) is 20.0 Å². The number of nitro groups is 1. The number of carbonyl (C=O) groups is 1. The number of benzene rings is 2. The number of amides is 2. The van der Waals surface area contributed by atoms with Gasteiger partial charge in [0.05, 0.1) is 12.3 Å². The zero-order valence-corrected chi connectivity index (χ0v) is 18.5. The standard InChI is InChI=1S/C17H12N4O5.Cu.K/c22-15-7-5-11-3-1-2-4-13(11)14(15)10-18-17(23)20-19-9-12-6-8-16(26-12)21(24)25;;/h1-10,22H,(H,20,23);;/q;;+1/p-1/b18-10+,19-9+;;. The van der Waals surface area contributed by atoms with Crippen molar-refractivity contribution in [3.8, 4) is 5.75 Å². The maximum atomic E-state index is 12.0. The summed E-state index contributed by atoms with van der Waals surface area (Å²) in [7, 11) is 0. The van der Waals surface area contributed by atoms with E-state index >= 15 is 0 Å². The van der Waals surface area contributed by atoms with E-state index in [-0.39, 0.29) is 80.0 Å². The van der Waals surface area contributed by atoms with E-state index in [1.807, 2.05) is 12.1 Å². The van der Waals surface area contributed by atoms with Crippen LogP contribution in [0.3, 0.4) is 0 Å². The third kappa shape index (κ3) is 6.07. The Hall–Kier alpha value is -1.85. The second-order valence-electron chi connectivity index (χ2n) is 5.06. The molecule has 28 heavy (non-hydrogen) atoms. The van der Waals surface area contributed by atoms with E-state index < -0.39 is 16.8 Å². The van der Waals surface area contributed by atoms with Gasteiger partial charge in [0, 0.05) is 23.3 Å². The van der Waals surface area contributed by atoms with Crippen LogP contribution in [0.15, 0.2) is 63.0 Å². The van der Waals surface area contributed by atoms with Crippen molar-refractivity contribution < 1.29 is 87.7 Å². The van der Waals surface area contributed by atoms with Gasteiger partial charge in [-0.15, -0.1) is 0 Å². The van der Waals surface area contributed by atoms with E-state index in [0.717, 1.165) is 17.7 Å². The van der Waals surface area contributed by atoms with Crippen molar-refractivity contribution >= 4 is 35.1 Å². The van der Waals surface area contributed by atoms with Gasteiger partial charge in [0.2, 0.25) is 0 Å². The predicted octanol–water partition coefficient (Wildman–Crippen LogP) is -0.421. The zero-order valence-electron chi connectivity index (χ0n) is 14.5. The topological polar surface area (TPSA) is 133 Å². The average Bonchev–Trinajstić information content (AvgIpc) is 3.10. The fourth-order valence-corrected chi connectivity index (χ4v) is 2.22. The Balaban J connectivity index is 0.00000196. The number of aliphatic imine (C=N–C) groups is 1. The molecule has 0 atom stereocenters. The van der Waals surface area contributed by atoms with E-state index in [1.54, 1.807) is 18.2 Å². The Morgan fingerprint density at radius 3 is 2.57 bits per heavy atom. The van der Waals surface area contributed by atoms with Gasteiger partial charge in [-0.1, -0.05) is 42.1 Å². The third-order valence-corrected chi connectivity index (χ3v) is 3.39. The molecule has 0 aliphatic rings. The van der Waals surface area contributed by atoms with Crippen LogP contribution in [-0.4, -0.2) is 23.4 Å². The quantitative estimate of drug-likeness (QED) is 0.248. The van der Waals surface area contributed by atoms with Gasteiger partial charge in [-0.05, 0) is 22.4 Å². The van der Waals surface area contributed by atoms with Crippen molar-refractivity contribution in [1.82, 2.24) is 5.43 Å². The first-order chi connectivity index (χ1) is 12.5. The molecule has 11 heteroatoms. The Kier molecular flexibility index (Phi) is 9.69. The molecule has 1 radical (unpaired) electrons. The molecule has 0 bridgehead atoms. The molecule has 0 spiro atoms. The smallest absolute Gasteiger partial charge is 0.872 e. The van der Waals surface area contributed by atoms with Gasteiger partial charge in [0.25, 0.3) is 0 Å². The largest absolute Gasteiger partial charge is 1.00 e. The first-order valence-electron chi connectivity index (χ1n) is 7.34. The molecule has 0 unspecified atom stereocenters. The van der Waals surface area contributed by atoms with E-state index in [0.29, 0.717) is 10.9 Å². The molecule has 1 heterocycles. The number of furan rings is 1. The summed E-state index contributed by atoms with van der Waals surface area (Å²) in [5.74, 6) is -0.599. The average molecular weight is 454 g/mol. The molecule has 0 saturated heterocycles. The molecule has 141 valence electrons. The number of hydrogen-bond donors (Lipinski definition) is 1. The second-order valence-corrected chi connectivity index (χ2v) is 5.06. The minimum atomic E-state index is -0.811. The van der Waals surface area contributed by atoms with Gasteiger partial charge in [-0.3, -0.25) is 10.1 Å². The second kappa shape index (κ2) is 11.2. The molecule has 0 saturated carbocycles. The number of nitrogens with one attached hydrogen (secondary N) is 1. The summed E-state index contributed by atoms with van der Waals surface area (Å²) in [6.45, 7) is 0. The molecule has 3 aromatic rings. The first-order valence-corrected chi connectivity index (χ1v) is 7.34. The number of hydrogen-bond acceptors (Lipinski definition) is 6. The predicted molar refractivity (Wildman–Crippen MR) is 92.5 cm³/mol. The summed E-state index contributed by atoms with van der Waals surface area (Å²) < 4.78 is 4.84. The molecule has 0 aliphatic carbocycles. The van der Waals surface area contributed by atoms with Crippen molar-refractivity contribution in [3.05, 3.63) is 70.0 Å². The summed E-state index contributed by atoms with van der Waals surface area (Å²) in [5, 5.41) is 27.6. The van der Waals surface area contributed by atoms with Crippen LogP contribution in [0.4, 0.5) is 10.7 Å². The maximum Gasteiger partial charge on any atom is 1.00 e.